The number of amides is 2. The minimum atomic E-state index is -0.688. The first kappa shape index (κ1) is 12.7. The Balaban J connectivity index is 2.14. The third-order valence-electron chi connectivity index (χ3n) is 2.87. The van der Waals surface area contributed by atoms with Gasteiger partial charge in [0.25, 0.3) is 11.8 Å². The van der Waals surface area contributed by atoms with Crippen LogP contribution in [0, 0.1) is 5.92 Å². The monoisotopic (exact) mass is 248 g/mol. The van der Waals surface area contributed by atoms with Crippen LogP contribution in [0.1, 0.15) is 41.1 Å². The van der Waals surface area contributed by atoms with Crippen molar-refractivity contribution < 1.29 is 14.7 Å². The average molecular weight is 248 g/mol. The highest BCUT2D eigenvalue weighted by molar-refractivity contribution is 6.20. The van der Waals surface area contributed by atoms with Crippen molar-refractivity contribution in [2.75, 3.05) is 6.54 Å². The molecule has 1 aromatic heterocycles. The maximum atomic E-state index is 12.0. The van der Waals surface area contributed by atoms with Gasteiger partial charge in [0.05, 0.1) is 18.2 Å². The van der Waals surface area contributed by atoms with Gasteiger partial charge in [-0.05, 0) is 24.5 Å². The summed E-state index contributed by atoms with van der Waals surface area (Å²) < 4.78 is 0. The number of hydrogen-bond donors (Lipinski definition) is 1. The molecule has 1 atom stereocenters. The fourth-order valence-electron chi connectivity index (χ4n) is 2.11. The molecule has 1 N–H and O–H groups in total. The number of fused-ring (bicyclic) bond motifs is 1. The van der Waals surface area contributed by atoms with Crippen LogP contribution in [0.2, 0.25) is 0 Å². The molecule has 5 nitrogen and oxygen atoms in total. The molecule has 18 heavy (non-hydrogen) atoms. The molecule has 0 radical (unpaired) electrons. The Kier molecular flexibility index (Phi) is 3.43. The van der Waals surface area contributed by atoms with E-state index < -0.39 is 12.0 Å². The van der Waals surface area contributed by atoms with E-state index in [0.29, 0.717) is 17.9 Å². The molecule has 1 aliphatic rings. The first-order chi connectivity index (χ1) is 8.50. The van der Waals surface area contributed by atoms with Crippen molar-refractivity contribution in [1.82, 2.24) is 9.88 Å². The largest absolute Gasteiger partial charge is 0.391 e. The summed E-state index contributed by atoms with van der Waals surface area (Å²) >= 11 is 0. The third kappa shape index (κ3) is 2.26. The standard InChI is InChI=1S/C13H16N2O3/c1-8(2)6-9(16)7-15-12(17)10-4-3-5-14-11(10)13(15)18/h3-5,8-9,16H,6-7H2,1-2H3. The zero-order valence-electron chi connectivity index (χ0n) is 10.5. The van der Waals surface area contributed by atoms with E-state index in [9.17, 15) is 14.7 Å². The molecule has 1 aromatic rings. The molecule has 2 rings (SSSR count). The van der Waals surface area contributed by atoms with Crippen molar-refractivity contribution in [2.45, 2.75) is 26.4 Å². The van der Waals surface area contributed by atoms with Gasteiger partial charge in [0.15, 0.2) is 0 Å². The van der Waals surface area contributed by atoms with Gasteiger partial charge in [0.1, 0.15) is 5.69 Å². The summed E-state index contributed by atoms with van der Waals surface area (Å²) in [5.41, 5.74) is 0.499. The Morgan fingerprint density at radius 2 is 2.06 bits per heavy atom. The first-order valence-electron chi connectivity index (χ1n) is 6.00. The lowest BCUT2D eigenvalue weighted by molar-refractivity contribution is 0.0513. The summed E-state index contributed by atoms with van der Waals surface area (Å²) in [6.45, 7) is 3.99. The van der Waals surface area contributed by atoms with Crippen LogP contribution in [0.15, 0.2) is 18.3 Å². The topological polar surface area (TPSA) is 70.5 Å². The molecule has 0 saturated carbocycles. The van der Waals surface area contributed by atoms with E-state index >= 15 is 0 Å². The maximum Gasteiger partial charge on any atom is 0.280 e. The minimum absolute atomic E-state index is 0.0339. The van der Waals surface area contributed by atoms with E-state index in [-0.39, 0.29) is 18.1 Å². The second-order valence-corrected chi connectivity index (χ2v) is 4.90. The lowest BCUT2D eigenvalue weighted by Crippen LogP contribution is -2.37. The van der Waals surface area contributed by atoms with Crippen molar-refractivity contribution >= 4 is 11.8 Å². The Morgan fingerprint density at radius 3 is 2.67 bits per heavy atom. The number of pyridine rings is 1. The fourth-order valence-corrected chi connectivity index (χ4v) is 2.11. The van der Waals surface area contributed by atoms with Crippen LogP contribution in [-0.2, 0) is 0 Å². The zero-order chi connectivity index (χ0) is 13.3. The van der Waals surface area contributed by atoms with E-state index in [1.54, 1.807) is 12.1 Å². The average Bonchev–Trinajstić information content (AvgIpc) is 2.54. The number of aromatic nitrogens is 1. The highest BCUT2D eigenvalue weighted by Gasteiger charge is 2.37. The normalized spacial score (nSPS) is 16.3. The van der Waals surface area contributed by atoms with Crippen LogP contribution in [0.4, 0.5) is 0 Å². The highest BCUT2D eigenvalue weighted by atomic mass is 16.3. The highest BCUT2D eigenvalue weighted by Crippen LogP contribution is 2.21. The van der Waals surface area contributed by atoms with Gasteiger partial charge >= 0.3 is 0 Å². The zero-order valence-corrected chi connectivity index (χ0v) is 10.5. The van der Waals surface area contributed by atoms with Crippen molar-refractivity contribution in [1.29, 1.82) is 0 Å². The van der Waals surface area contributed by atoms with Gasteiger partial charge in [0.2, 0.25) is 0 Å². The Hall–Kier alpha value is -1.75. The molecule has 1 unspecified atom stereocenters. The Labute approximate surface area is 105 Å². The number of aliphatic hydroxyl groups is 1. The summed E-state index contributed by atoms with van der Waals surface area (Å²) in [6.07, 6.45) is 1.35. The molecule has 0 aromatic carbocycles. The van der Waals surface area contributed by atoms with Crippen molar-refractivity contribution in [3.8, 4) is 0 Å². The quantitative estimate of drug-likeness (QED) is 0.809. The minimum Gasteiger partial charge on any atom is -0.391 e. The van der Waals surface area contributed by atoms with Crippen LogP contribution < -0.4 is 0 Å². The Morgan fingerprint density at radius 1 is 1.33 bits per heavy atom. The van der Waals surface area contributed by atoms with Gasteiger partial charge in [-0.15, -0.1) is 0 Å². The molecule has 2 heterocycles. The van der Waals surface area contributed by atoms with E-state index in [1.165, 1.54) is 6.20 Å². The Bertz CT molecular complexity index is 450. The van der Waals surface area contributed by atoms with E-state index in [1.807, 2.05) is 13.8 Å². The molecular formula is C13H16N2O3. The number of aliphatic hydroxyl groups excluding tert-OH is 1. The summed E-state index contributed by atoms with van der Waals surface area (Å²) in [7, 11) is 0. The number of imide groups is 1. The van der Waals surface area contributed by atoms with Crippen LogP contribution in [0.5, 0.6) is 0 Å². The number of nitrogens with zero attached hydrogens (tertiary/aromatic N) is 2. The van der Waals surface area contributed by atoms with Gasteiger partial charge in [-0.2, -0.15) is 0 Å². The van der Waals surface area contributed by atoms with Crippen LogP contribution in [-0.4, -0.2) is 39.5 Å². The lowest BCUT2D eigenvalue weighted by Gasteiger charge is -2.19. The summed E-state index contributed by atoms with van der Waals surface area (Å²) in [4.78, 5) is 28.9. The van der Waals surface area contributed by atoms with E-state index in [4.69, 9.17) is 0 Å². The summed E-state index contributed by atoms with van der Waals surface area (Å²) in [5.74, 6) is -0.474. The molecule has 2 amide bonds. The van der Waals surface area contributed by atoms with E-state index in [2.05, 4.69) is 4.98 Å². The molecule has 0 aliphatic carbocycles. The molecule has 0 fully saturated rings. The number of hydrogen-bond acceptors (Lipinski definition) is 4. The molecule has 1 aliphatic heterocycles. The summed E-state index contributed by atoms with van der Waals surface area (Å²) in [5, 5.41) is 9.83. The maximum absolute atomic E-state index is 12.0. The molecule has 0 bridgehead atoms. The second-order valence-electron chi connectivity index (χ2n) is 4.90. The predicted octanol–water partition coefficient (Wildman–Crippen LogP) is 1.08. The van der Waals surface area contributed by atoms with Gasteiger partial charge < -0.3 is 5.11 Å². The van der Waals surface area contributed by atoms with Crippen LogP contribution in [0.3, 0.4) is 0 Å². The smallest absolute Gasteiger partial charge is 0.280 e. The van der Waals surface area contributed by atoms with E-state index in [0.717, 1.165) is 4.90 Å². The molecule has 5 heteroatoms. The van der Waals surface area contributed by atoms with Crippen molar-refractivity contribution in [2.24, 2.45) is 5.92 Å². The number of carbonyl (C=O) groups is 2. The number of carbonyl (C=O) groups excluding carboxylic acids is 2. The SMILES string of the molecule is CC(C)CC(O)CN1C(=O)c2cccnc2C1=O. The second kappa shape index (κ2) is 4.86. The first-order valence-corrected chi connectivity index (χ1v) is 6.00. The van der Waals surface area contributed by atoms with Crippen LogP contribution in [0.25, 0.3) is 0 Å². The van der Waals surface area contributed by atoms with Gasteiger partial charge in [-0.25, -0.2) is 0 Å². The third-order valence-corrected chi connectivity index (χ3v) is 2.87. The lowest BCUT2D eigenvalue weighted by atomic mass is 10.1. The van der Waals surface area contributed by atoms with Gasteiger partial charge in [0, 0.05) is 6.20 Å². The van der Waals surface area contributed by atoms with Gasteiger partial charge in [-0.3, -0.25) is 19.5 Å². The molecular weight excluding hydrogens is 232 g/mol. The molecule has 0 spiro atoms. The number of β-amino-alcohol motifs (C(OH)–C–C–N with tert-alkyl or cyclic N) is 1. The molecule has 0 saturated heterocycles. The van der Waals surface area contributed by atoms with Crippen molar-refractivity contribution in [3.05, 3.63) is 29.6 Å². The van der Waals surface area contributed by atoms with Gasteiger partial charge in [-0.1, -0.05) is 13.8 Å². The molecule has 96 valence electrons. The summed E-state index contributed by atoms with van der Waals surface area (Å²) in [6, 6.07) is 3.20. The van der Waals surface area contributed by atoms with Crippen LogP contribution >= 0.6 is 0 Å². The van der Waals surface area contributed by atoms with Crippen molar-refractivity contribution in [3.63, 3.8) is 0 Å². The predicted molar refractivity (Wildman–Crippen MR) is 65.1 cm³/mol. The number of rotatable bonds is 4. The fraction of sp³-hybridized carbons (Fsp3) is 0.462.